The smallest absolute Gasteiger partial charge is 0.115 e. The lowest BCUT2D eigenvalue weighted by Gasteiger charge is -2.15. The van der Waals surface area contributed by atoms with Crippen molar-refractivity contribution >= 4 is 46.4 Å². The second kappa shape index (κ2) is 6.02. The molecular weight excluding hydrogens is 298 g/mol. The zero-order valence-electron chi connectivity index (χ0n) is 9.30. The molecule has 1 atom stereocenters. The molecular formula is C13H14Cl4. The zero-order chi connectivity index (χ0) is 12.4. The van der Waals surface area contributed by atoms with Crippen molar-refractivity contribution in [2.45, 2.75) is 41.8 Å². The lowest BCUT2D eigenvalue weighted by atomic mass is 9.96. The van der Waals surface area contributed by atoms with E-state index in [9.17, 15) is 0 Å². The van der Waals surface area contributed by atoms with E-state index < -0.39 is 10.2 Å². The van der Waals surface area contributed by atoms with E-state index in [1.165, 1.54) is 31.2 Å². The molecule has 17 heavy (non-hydrogen) atoms. The Balaban J connectivity index is 2.22. The monoisotopic (exact) mass is 310 g/mol. The van der Waals surface area contributed by atoms with Gasteiger partial charge in [-0.05, 0) is 36.0 Å². The van der Waals surface area contributed by atoms with Crippen LogP contribution in [-0.4, -0.2) is 4.84 Å². The van der Waals surface area contributed by atoms with Gasteiger partial charge in [0.1, 0.15) is 4.84 Å². The third kappa shape index (κ3) is 3.23. The summed E-state index contributed by atoms with van der Waals surface area (Å²) in [7, 11) is 0. The maximum Gasteiger partial charge on any atom is 0.128 e. The van der Waals surface area contributed by atoms with Crippen LogP contribution in [-0.2, 0) is 0 Å². The third-order valence-corrected chi connectivity index (χ3v) is 4.95. The minimum Gasteiger partial charge on any atom is -0.115 e. The summed E-state index contributed by atoms with van der Waals surface area (Å²) in [5.41, 5.74) is 2.12. The van der Waals surface area contributed by atoms with Crippen LogP contribution < -0.4 is 0 Å². The zero-order valence-corrected chi connectivity index (χ0v) is 12.3. The van der Waals surface area contributed by atoms with E-state index in [-0.39, 0.29) is 0 Å². The Hall–Kier alpha value is 0.380. The fraction of sp³-hybridized carbons (Fsp3) is 0.538. The normalized spacial score (nSPS) is 18.9. The molecule has 2 rings (SSSR count). The number of benzene rings is 1. The lowest BCUT2D eigenvalue weighted by molar-refractivity contribution is 0.723. The summed E-state index contributed by atoms with van der Waals surface area (Å²) < 4.78 is 0. The quantitative estimate of drug-likeness (QED) is 0.593. The third-order valence-electron chi connectivity index (χ3n) is 3.36. The number of alkyl halides is 3. The highest BCUT2D eigenvalue weighted by Crippen LogP contribution is 2.39. The minimum absolute atomic E-state index is 0.409. The fourth-order valence-electron chi connectivity index (χ4n) is 2.43. The molecule has 0 aromatic heterocycles. The molecule has 0 bridgehead atoms. The molecule has 1 aliphatic rings. The van der Waals surface area contributed by atoms with Crippen molar-refractivity contribution in [1.29, 1.82) is 0 Å². The number of halogens is 4. The minimum atomic E-state index is -0.620. The summed E-state index contributed by atoms with van der Waals surface area (Å²) in [4.78, 5) is -0.620. The Morgan fingerprint density at radius 1 is 1.06 bits per heavy atom. The van der Waals surface area contributed by atoms with E-state index in [2.05, 4.69) is 6.07 Å². The maximum absolute atomic E-state index is 6.31. The molecule has 0 radical (unpaired) electrons. The molecule has 0 N–H and O–H groups in total. The molecule has 1 aliphatic carbocycles. The van der Waals surface area contributed by atoms with Crippen molar-refractivity contribution in [2.24, 2.45) is 0 Å². The first-order valence-corrected chi connectivity index (χ1v) is 7.50. The molecule has 1 unspecified atom stereocenters. The van der Waals surface area contributed by atoms with Crippen LogP contribution in [0.3, 0.4) is 0 Å². The van der Waals surface area contributed by atoms with Crippen LogP contribution in [0.2, 0.25) is 5.02 Å². The standard InChI is InChI=1S/C13H14Cl4/c14-11-7-9(12(15)13(16)17)5-6-10(11)8-3-1-2-4-8/h5-8,12-13H,1-4H2. The van der Waals surface area contributed by atoms with Gasteiger partial charge in [0.05, 0.1) is 5.38 Å². The van der Waals surface area contributed by atoms with Crippen LogP contribution in [0.25, 0.3) is 0 Å². The predicted molar refractivity (Wildman–Crippen MR) is 76.7 cm³/mol. The molecule has 1 aromatic carbocycles. The van der Waals surface area contributed by atoms with Crippen molar-refractivity contribution in [2.75, 3.05) is 0 Å². The molecule has 0 nitrogen and oxygen atoms in total. The van der Waals surface area contributed by atoms with E-state index >= 15 is 0 Å². The SMILES string of the molecule is Clc1cc(C(Cl)C(Cl)Cl)ccc1C1CCCC1. The van der Waals surface area contributed by atoms with Crippen molar-refractivity contribution < 1.29 is 0 Å². The molecule has 1 fully saturated rings. The Morgan fingerprint density at radius 2 is 1.71 bits per heavy atom. The highest BCUT2D eigenvalue weighted by molar-refractivity contribution is 6.48. The Labute approximate surface area is 122 Å². The average molecular weight is 312 g/mol. The van der Waals surface area contributed by atoms with Crippen LogP contribution in [0.15, 0.2) is 18.2 Å². The van der Waals surface area contributed by atoms with Crippen LogP contribution in [0, 0.1) is 0 Å². The Kier molecular flexibility index (Phi) is 4.88. The van der Waals surface area contributed by atoms with E-state index in [0.717, 1.165) is 10.6 Å². The second-order valence-electron chi connectivity index (χ2n) is 4.50. The van der Waals surface area contributed by atoms with Crippen molar-refractivity contribution in [1.82, 2.24) is 0 Å². The lowest BCUT2D eigenvalue weighted by Crippen LogP contribution is -2.01. The van der Waals surface area contributed by atoms with Gasteiger partial charge in [-0.1, -0.05) is 36.6 Å². The fourth-order valence-corrected chi connectivity index (χ4v) is 3.20. The van der Waals surface area contributed by atoms with Gasteiger partial charge in [0.2, 0.25) is 0 Å². The molecule has 1 aromatic rings. The van der Waals surface area contributed by atoms with Gasteiger partial charge in [-0.2, -0.15) is 0 Å². The largest absolute Gasteiger partial charge is 0.128 e. The van der Waals surface area contributed by atoms with E-state index in [4.69, 9.17) is 46.4 Å². The molecule has 0 spiro atoms. The van der Waals surface area contributed by atoms with Crippen LogP contribution in [0.4, 0.5) is 0 Å². The van der Waals surface area contributed by atoms with Gasteiger partial charge >= 0.3 is 0 Å². The number of hydrogen-bond donors (Lipinski definition) is 0. The summed E-state index contributed by atoms with van der Waals surface area (Å²) in [5.74, 6) is 0.605. The Morgan fingerprint density at radius 3 is 2.24 bits per heavy atom. The summed E-state index contributed by atoms with van der Waals surface area (Å²) in [6.07, 6.45) is 5.06. The summed E-state index contributed by atoms with van der Waals surface area (Å²) in [6, 6.07) is 5.94. The van der Waals surface area contributed by atoms with Crippen LogP contribution in [0.1, 0.15) is 48.1 Å². The second-order valence-corrected chi connectivity index (χ2v) is 6.54. The van der Waals surface area contributed by atoms with Crippen LogP contribution in [0.5, 0.6) is 0 Å². The maximum atomic E-state index is 6.31. The molecule has 1 saturated carbocycles. The van der Waals surface area contributed by atoms with Gasteiger partial charge in [0.15, 0.2) is 0 Å². The molecule has 94 valence electrons. The number of rotatable bonds is 3. The average Bonchev–Trinajstić information content (AvgIpc) is 2.81. The predicted octanol–water partition coefficient (Wildman–Crippen LogP) is 6.08. The molecule has 0 heterocycles. The molecule has 4 heteroatoms. The summed E-state index contributed by atoms with van der Waals surface area (Å²) in [6.45, 7) is 0. The van der Waals surface area contributed by atoms with Crippen molar-refractivity contribution in [3.63, 3.8) is 0 Å². The topological polar surface area (TPSA) is 0 Å². The highest BCUT2D eigenvalue weighted by atomic mass is 35.5. The van der Waals surface area contributed by atoms with E-state index in [1.807, 2.05) is 12.1 Å². The van der Waals surface area contributed by atoms with Crippen molar-refractivity contribution in [3.05, 3.63) is 34.3 Å². The summed E-state index contributed by atoms with van der Waals surface area (Å²) >= 11 is 24.0. The van der Waals surface area contributed by atoms with Gasteiger partial charge < -0.3 is 0 Å². The van der Waals surface area contributed by atoms with Gasteiger partial charge in [-0.25, -0.2) is 0 Å². The van der Waals surface area contributed by atoms with Gasteiger partial charge in [0, 0.05) is 5.02 Å². The first-order valence-electron chi connectivity index (χ1n) is 5.81. The molecule has 0 amide bonds. The van der Waals surface area contributed by atoms with Gasteiger partial charge in [-0.15, -0.1) is 34.8 Å². The van der Waals surface area contributed by atoms with Gasteiger partial charge in [-0.3, -0.25) is 0 Å². The number of hydrogen-bond acceptors (Lipinski definition) is 0. The summed E-state index contributed by atoms with van der Waals surface area (Å²) in [5, 5.41) is 0.377. The van der Waals surface area contributed by atoms with E-state index in [0.29, 0.717) is 5.92 Å². The van der Waals surface area contributed by atoms with E-state index in [1.54, 1.807) is 0 Å². The first-order chi connectivity index (χ1) is 8.09. The van der Waals surface area contributed by atoms with Crippen LogP contribution >= 0.6 is 46.4 Å². The Bertz CT molecular complexity index is 383. The molecule has 0 saturated heterocycles. The van der Waals surface area contributed by atoms with Crippen molar-refractivity contribution in [3.8, 4) is 0 Å². The first kappa shape index (κ1) is 13.8. The highest BCUT2D eigenvalue weighted by Gasteiger charge is 2.22. The van der Waals surface area contributed by atoms with Gasteiger partial charge in [0.25, 0.3) is 0 Å². The molecule has 0 aliphatic heterocycles.